The first kappa shape index (κ1) is 14.6. The summed E-state index contributed by atoms with van der Waals surface area (Å²) < 4.78 is 38.2. The van der Waals surface area contributed by atoms with Crippen LogP contribution in [0.25, 0.3) is 22.2 Å². The summed E-state index contributed by atoms with van der Waals surface area (Å²) in [6, 6.07) is 6.89. The first-order valence-corrected chi connectivity index (χ1v) is 6.91. The molecular formula is C16H14F3N3. The monoisotopic (exact) mass is 305 g/mol. The van der Waals surface area contributed by atoms with Crippen LogP contribution >= 0.6 is 0 Å². The minimum absolute atomic E-state index is 0.200. The maximum Gasteiger partial charge on any atom is 0.432 e. The molecule has 0 saturated heterocycles. The average Bonchev–Trinajstić information content (AvgIpc) is 2.95. The Bertz CT molecular complexity index is 834. The predicted molar refractivity (Wildman–Crippen MR) is 78.4 cm³/mol. The van der Waals surface area contributed by atoms with E-state index in [0.717, 1.165) is 34.4 Å². The summed E-state index contributed by atoms with van der Waals surface area (Å²) in [4.78, 5) is 4.24. The van der Waals surface area contributed by atoms with Gasteiger partial charge in [-0.2, -0.15) is 18.3 Å². The fourth-order valence-electron chi connectivity index (χ4n) is 2.61. The SMILES string of the molecule is CCc1cc(C)cc2c(-c3cc(C(F)(F)F)[nH]n3)nccc12. The van der Waals surface area contributed by atoms with Gasteiger partial charge in [0.15, 0.2) is 0 Å². The van der Waals surface area contributed by atoms with Crippen LogP contribution in [0.5, 0.6) is 0 Å². The minimum atomic E-state index is -4.44. The molecule has 0 aliphatic rings. The van der Waals surface area contributed by atoms with Gasteiger partial charge in [-0.15, -0.1) is 0 Å². The van der Waals surface area contributed by atoms with Crippen molar-refractivity contribution in [2.75, 3.05) is 0 Å². The van der Waals surface area contributed by atoms with Crippen LogP contribution in [-0.2, 0) is 12.6 Å². The van der Waals surface area contributed by atoms with Crippen molar-refractivity contribution in [1.29, 1.82) is 0 Å². The first-order valence-electron chi connectivity index (χ1n) is 6.91. The van der Waals surface area contributed by atoms with Crippen molar-refractivity contribution in [3.05, 3.63) is 47.3 Å². The third kappa shape index (κ3) is 2.45. The second-order valence-electron chi connectivity index (χ2n) is 5.20. The van der Waals surface area contributed by atoms with Gasteiger partial charge < -0.3 is 0 Å². The number of hydrogen-bond acceptors (Lipinski definition) is 2. The summed E-state index contributed by atoms with van der Waals surface area (Å²) in [5.41, 5.74) is 1.98. The molecule has 2 heterocycles. The van der Waals surface area contributed by atoms with Crippen molar-refractivity contribution in [3.63, 3.8) is 0 Å². The molecular weight excluding hydrogens is 291 g/mol. The number of nitrogens with one attached hydrogen (secondary N) is 1. The van der Waals surface area contributed by atoms with E-state index in [1.54, 1.807) is 6.20 Å². The number of halogens is 3. The highest BCUT2D eigenvalue weighted by molar-refractivity contribution is 5.96. The molecule has 0 saturated carbocycles. The van der Waals surface area contributed by atoms with Crippen LogP contribution in [0.2, 0.25) is 0 Å². The molecule has 0 aliphatic carbocycles. The third-order valence-corrected chi connectivity index (χ3v) is 3.62. The van der Waals surface area contributed by atoms with Crippen LogP contribution in [0.3, 0.4) is 0 Å². The number of nitrogens with zero attached hydrogens (tertiary/aromatic N) is 2. The molecule has 6 heteroatoms. The Balaban J connectivity index is 2.23. The molecule has 0 aliphatic heterocycles. The van der Waals surface area contributed by atoms with E-state index < -0.39 is 11.9 Å². The molecule has 3 rings (SSSR count). The molecule has 0 atom stereocenters. The molecule has 0 fully saturated rings. The largest absolute Gasteiger partial charge is 0.432 e. The standard InChI is InChI=1S/C16H14F3N3/c1-3-10-6-9(2)7-12-11(10)4-5-20-15(12)13-8-14(22-21-13)16(17,18)19/h4-8H,3H2,1-2H3,(H,21,22). The van der Waals surface area contributed by atoms with Crippen LogP contribution in [0.1, 0.15) is 23.7 Å². The number of fused-ring (bicyclic) bond motifs is 1. The van der Waals surface area contributed by atoms with Gasteiger partial charge in [-0.05, 0) is 42.5 Å². The lowest BCUT2D eigenvalue weighted by Crippen LogP contribution is -2.04. The second kappa shape index (κ2) is 5.12. The van der Waals surface area contributed by atoms with Crippen molar-refractivity contribution < 1.29 is 13.2 Å². The Labute approximate surface area is 125 Å². The van der Waals surface area contributed by atoms with Crippen LogP contribution < -0.4 is 0 Å². The zero-order valence-corrected chi connectivity index (χ0v) is 12.1. The second-order valence-corrected chi connectivity index (χ2v) is 5.20. The lowest BCUT2D eigenvalue weighted by molar-refractivity contribution is -0.141. The van der Waals surface area contributed by atoms with Gasteiger partial charge in [0.05, 0.1) is 5.69 Å². The Kier molecular flexibility index (Phi) is 3.39. The molecule has 22 heavy (non-hydrogen) atoms. The molecule has 2 aromatic heterocycles. The van der Waals surface area contributed by atoms with Gasteiger partial charge in [-0.25, -0.2) is 0 Å². The summed E-state index contributed by atoms with van der Waals surface area (Å²) in [6.45, 7) is 4.01. The Hall–Kier alpha value is -2.37. The minimum Gasteiger partial charge on any atom is -0.273 e. The highest BCUT2D eigenvalue weighted by Crippen LogP contribution is 2.33. The fourth-order valence-corrected chi connectivity index (χ4v) is 2.61. The van der Waals surface area contributed by atoms with Crippen molar-refractivity contribution in [2.45, 2.75) is 26.4 Å². The molecule has 0 radical (unpaired) electrons. The Morgan fingerprint density at radius 2 is 1.91 bits per heavy atom. The Morgan fingerprint density at radius 3 is 2.55 bits per heavy atom. The topological polar surface area (TPSA) is 41.6 Å². The summed E-state index contributed by atoms with van der Waals surface area (Å²) in [6.07, 6.45) is -2.00. The van der Waals surface area contributed by atoms with Gasteiger partial charge in [-0.1, -0.05) is 18.6 Å². The molecule has 0 bridgehead atoms. The number of aromatic nitrogens is 3. The quantitative estimate of drug-likeness (QED) is 0.756. The maximum absolute atomic E-state index is 12.7. The van der Waals surface area contributed by atoms with Crippen molar-refractivity contribution in [1.82, 2.24) is 15.2 Å². The van der Waals surface area contributed by atoms with E-state index >= 15 is 0 Å². The molecule has 3 nitrogen and oxygen atoms in total. The van der Waals surface area contributed by atoms with Crippen molar-refractivity contribution >= 4 is 10.8 Å². The highest BCUT2D eigenvalue weighted by Gasteiger charge is 2.33. The van der Waals surface area contributed by atoms with Gasteiger partial charge in [0, 0.05) is 11.6 Å². The summed E-state index contributed by atoms with van der Waals surface area (Å²) in [7, 11) is 0. The number of aryl methyl sites for hydroxylation is 2. The van der Waals surface area contributed by atoms with E-state index in [4.69, 9.17) is 0 Å². The van der Waals surface area contributed by atoms with Crippen molar-refractivity contribution in [2.24, 2.45) is 0 Å². The number of benzene rings is 1. The lowest BCUT2D eigenvalue weighted by atomic mass is 9.98. The van der Waals surface area contributed by atoms with Crippen LogP contribution in [0.15, 0.2) is 30.5 Å². The van der Waals surface area contributed by atoms with Gasteiger partial charge >= 0.3 is 6.18 Å². The van der Waals surface area contributed by atoms with E-state index in [9.17, 15) is 13.2 Å². The van der Waals surface area contributed by atoms with E-state index in [1.165, 1.54) is 0 Å². The molecule has 3 aromatic rings. The van der Waals surface area contributed by atoms with Crippen LogP contribution in [-0.4, -0.2) is 15.2 Å². The number of H-pyrrole nitrogens is 1. The third-order valence-electron chi connectivity index (χ3n) is 3.62. The van der Waals surface area contributed by atoms with Gasteiger partial charge in [0.25, 0.3) is 0 Å². The smallest absolute Gasteiger partial charge is 0.273 e. The number of rotatable bonds is 2. The lowest BCUT2D eigenvalue weighted by Gasteiger charge is -2.09. The number of aromatic amines is 1. The number of hydrogen-bond donors (Lipinski definition) is 1. The van der Waals surface area contributed by atoms with E-state index in [-0.39, 0.29) is 5.69 Å². The zero-order chi connectivity index (χ0) is 15.9. The van der Waals surface area contributed by atoms with E-state index in [1.807, 2.05) is 31.1 Å². The van der Waals surface area contributed by atoms with Crippen molar-refractivity contribution in [3.8, 4) is 11.4 Å². The first-order chi connectivity index (χ1) is 10.4. The maximum atomic E-state index is 12.7. The zero-order valence-electron chi connectivity index (χ0n) is 12.1. The van der Waals surface area contributed by atoms with Gasteiger partial charge in [0.2, 0.25) is 0 Å². The highest BCUT2D eigenvalue weighted by atomic mass is 19.4. The normalized spacial score (nSPS) is 12.0. The summed E-state index contributed by atoms with van der Waals surface area (Å²) >= 11 is 0. The Morgan fingerprint density at radius 1 is 1.14 bits per heavy atom. The average molecular weight is 305 g/mol. The molecule has 114 valence electrons. The predicted octanol–water partition coefficient (Wildman–Crippen LogP) is 4.51. The molecule has 1 aromatic carbocycles. The number of pyridine rings is 1. The summed E-state index contributed by atoms with van der Waals surface area (Å²) in [5.74, 6) is 0. The van der Waals surface area contributed by atoms with Gasteiger partial charge in [-0.3, -0.25) is 10.1 Å². The molecule has 1 N–H and O–H groups in total. The fraction of sp³-hybridized carbons (Fsp3) is 0.250. The van der Waals surface area contributed by atoms with Gasteiger partial charge in [0.1, 0.15) is 11.4 Å². The van der Waals surface area contributed by atoms with Crippen LogP contribution in [0, 0.1) is 6.92 Å². The van der Waals surface area contributed by atoms with E-state index in [0.29, 0.717) is 5.69 Å². The molecule has 0 unspecified atom stereocenters. The molecule has 0 amide bonds. The van der Waals surface area contributed by atoms with E-state index in [2.05, 4.69) is 16.1 Å². The molecule has 0 spiro atoms. The number of alkyl halides is 3. The van der Waals surface area contributed by atoms with Crippen LogP contribution in [0.4, 0.5) is 13.2 Å². The summed E-state index contributed by atoms with van der Waals surface area (Å²) in [5, 5.41) is 7.63.